The Balaban J connectivity index is 2.13. The molecular weight excluding hydrogens is 361 g/mol. The van der Waals surface area contributed by atoms with Crippen molar-refractivity contribution in [2.45, 2.75) is 17.1 Å². The molecule has 0 radical (unpaired) electrons. The Labute approximate surface area is 143 Å². The maximum Gasteiger partial charge on any atom is 0.416 e. The van der Waals surface area contributed by atoms with Crippen molar-refractivity contribution >= 4 is 21.4 Å². The molecule has 24 heavy (non-hydrogen) atoms. The normalized spacial score (nSPS) is 14.1. The minimum atomic E-state index is -4.50. The van der Waals surface area contributed by atoms with Crippen LogP contribution in [0.15, 0.2) is 46.7 Å². The van der Waals surface area contributed by atoms with E-state index in [0.29, 0.717) is 0 Å². The lowest BCUT2D eigenvalue weighted by Gasteiger charge is -2.23. The molecule has 1 heterocycles. The Hall–Kier alpha value is -1.42. The summed E-state index contributed by atoms with van der Waals surface area (Å²) in [5.41, 5.74) is -0.883. The molecule has 132 valence electrons. The van der Waals surface area contributed by atoms with Gasteiger partial charge in [-0.3, -0.25) is 0 Å². The summed E-state index contributed by atoms with van der Waals surface area (Å²) in [6.45, 7) is 0.122. The van der Waals surface area contributed by atoms with E-state index in [1.807, 2.05) is 36.5 Å². The van der Waals surface area contributed by atoms with Gasteiger partial charge in [0, 0.05) is 11.4 Å². The first-order chi connectivity index (χ1) is 11.1. The molecule has 0 spiro atoms. The molecule has 1 aromatic carbocycles. The third-order valence-electron chi connectivity index (χ3n) is 3.45. The molecule has 0 bridgehead atoms. The number of alkyl halides is 3. The summed E-state index contributed by atoms with van der Waals surface area (Å²) >= 11 is 1.51. The van der Waals surface area contributed by atoms with Crippen LogP contribution in [-0.4, -0.2) is 34.0 Å². The molecule has 0 fully saturated rings. The fourth-order valence-corrected chi connectivity index (χ4v) is 4.07. The number of nitrogens with one attached hydrogen (secondary N) is 1. The number of hydrogen-bond donors (Lipinski definition) is 1. The fraction of sp³-hybridized carbons (Fsp3) is 0.333. The van der Waals surface area contributed by atoms with Crippen LogP contribution in [0, 0.1) is 0 Å². The van der Waals surface area contributed by atoms with Crippen LogP contribution in [0.1, 0.15) is 16.5 Å². The zero-order valence-electron chi connectivity index (χ0n) is 13.0. The van der Waals surface area contributed by atoms with Crippen LogP contribution < -0.4 is 4.72 Å². The number of sulfonamides is 1. The van der Waals surface area contributed by atoms with Crippen LogP contribution >= 0.6 is 11.3 Å². The molecule has 4 nitrogen and oxygen atoms in total. The van der Waals surface area contributed by atoms with Crippen molar-refractivity contribution in [3.05, 3.63) is 52.2 Å². The van der Waals surface area contributed by atoms with Gasteiger partial charge < -0.3 is 4.90 Å². The zero-order valence-corrected chi connectivity index (χ0v) is 14.7. The van der Waals surface area contributed by atoms with Crippen molar-refractivity contribution in [3.63, 3.8) is 0 Å². The van der Waals surface area contributed by atoms with E-state index < -0.39 is 21.8 Å². The molecule has 1 N–H and O–H groups in total. The van der Waals surface area contributed by atoms with E-state index in [1.165, 1.54) is 11.3 Å². The van der Waals surface area contributed by atoms with Crippen LogP contribution in [0.2, 0.25) is 0 Å². The summed E-state index contributed by atoms with van der Waals surface area (Å²) in [6.07, 6.45) is -4.50. The van der Waals surface area contributed by atoms with Gasteiger partial charge in [0.1, 0.15) is 0 Å². The Morgan fingerprint density at radius 3 is 2.25 bits per heavy atom. The fourth-order valence-electron chi connectivity index (χ4n) is 2.11. The molecule has 1 aromatic heterocycles. The van der Waals surface area contributed by atoms with E-state index >= 15 is 0 Å². The molecule has 2 rings (SSSR count). The first-order valence-electron chi connectivity index (χ1n) is 6.98. The predicted molar refractivity (Wildman–Crippen MR) is 87.4 cm³/mol. The van der Waals surface area contributed by atoms with Crippen molar-refractivity contribution in [2.24, 2.45) is 0 Å². The second-order valence-electron chi connectivity index (χ2n) is 5.37. The van der Waals surface area contributed by atoms with E-state index in [0.717, 1.165) is 29.1 Å². The number of rotatable bonds is 6. The monoisotopic (exact) mass is 378 g/mol. The largest absolute Gasteiger partial charge is 0.416 e. The van der Waals surface area contributed by atoms with E-state index in [-0.39, 0.29) is 17.5 Å². The number of nitrogens with zero attached hydrogens (tertiary/aromatic N) is 1. The zero-order chi connectivity index (χ0) is 18.0. The van der Waals surface area contributed by atoms with E-state index in [1.54, 1.807) is 0 Å². The number of halogens is 3. The van der Waals surface area contributed by atoms with Gasteiger partial charge in [-0.05, 0) is 49.8 Å². The highest BCUT2D eigenvalue weighted by atomic mass is 32.2. The van der Waals surface area contributed by atoms with Crippen molar-refractivity contribution in [1.82, 2.24) is 9.62 Å². The quantitative estimate of drug-likeness (QED) is 0.839. The van der Waals surface area contributed by atoms with Crippen molar-refractivity contribution in [3.8, 4) is 0 Å². The topological polar surface area (TPSA) is 49.4 Å². The molecule has 2 aromatic rings. The molecular formula is C15H17F3N2O2S2. The van der Waals surface area contributed by atoms with Gasteiger partial charge in [0.15, 0.2) is 0 Å². The molecule has 0 aliphatic heterocycles. The molecule has 9 heteroatoms. The van der Waals surface area contributed by atoms with Crippen LogP contribution in [0.4, 0.5) is 13.2 Å². The van der Waals surface area contributed by atoms with Gasteiger partial charge in [-0.25, -0.2) is 13.1 Å². The maximum absolute atomic E-state index is 12.5. The summed E-state index contributed by atoms with van der Waals surface area (Å²) in [6, 6.07) is 7.06. The van der Waals surface area contributed by atoms with Gasteiger partial charge in [-0.15, -0.1) is 11.3 Å². The lowest BCUT2D eigenvalue weighted by Crippen LogP contribution is -2.34. The van der Waals surface area contributed by atoms with Gasteiger partial charge in [-0.1, -0.05) is 6.07 Å². The summed E-state index contributed by atoms with van der Waals surface area (Å²) < 4.78 is 64.7. The molecule has 0 amide bonds. The molecule has 0 saturated heterocycles. The molecule has 0 unspecified atom stereocenters. The smallest absolute Gasteiger partial charge is 0.300 e. The van der Waals surface area contributed by atoms with Gasteiger partial charge in [0.2, 0.25) is 10.0 Å². The number of hydrogen-bond acceptors (Lipinski definition) is 4. The van der Waals surface area contributed by atoms with Gasteiger partial charge in [0.05, 0.1) is 16.5 Å². The highest BCUT2D eigenvalue weighted by Crippen LogP contribution is 2.30. The van der Waals surface area contributed by atoms with Crippen LogP contribution in [0.5, 0.6) is 0 Å². The minimum absolute atomic E-state index is 0.122. The van der Waals surface area contributed by atoms with Crippen molar-refractivity contribution in [1.29, 1.82) is 0 Å². The summed E-state index contributed by atoms with van der Waals surface area (Å²) in [5.74, 6) is 0. The van der Waals surface area contributed by atoms with Crippen molar-refractivity contribution < 1.29 is 21.6 Å². The average Bonchev–Trinajstić information content (AvgIpc) is 3.00. The second-order valence-corrected chi connectivity index (χ2v) is 8.12. The Bertz CT molecular complexity index is 755. The lowest BCUT2D eigenvalue weighted by atomic mass is 10.2. The molecule has 0 aliphatic rings. The van der Waals surface area contributed by atoms with Gasteiger partial charge >= 0.3 is 6.18 Å². The molecule has 0 saturated carbocycles. The third-order valence-corrected chi connectivity index (χ3v) is 5.87. The van der Waals surface area contributed by atoms with Crippen LogP contribution in [-0.2, 0) is 16.2 Å². The van der Waals surface area contributed by atoms with Crippen LogP contribution in [0.3, 0.4) is 0 Å². The molecule has 0 aliphatic carbocycles. The number of likely N-dealkylation sites (N-methyl/N-ethyl adjacent to an activating group) is 1. The Morgan fingerprint density at radius 1 is 1.17 bits per heavy atom. The van der Waals surface area contributed by atoms with E-state index in [2.05, 4.69) is 4.72 Å². The minimum Gasteiger partial charge on any atom is -0.300 e. The number of benzene rings is 1. The van der Waals surface area contributed by atoms with Gasteiger partial charge in [0.25, 0.3) is 0 Å². The van der Waals surface area contributed by atoms with Crippen LogP contribution in [0.25, 0.3) is 0 Å². The third kappa shape index (κ3) is 4.56. The summed E-state index contributed by atoms with van der Waals surface area (Å²) in [4.78, 5) is 2.68. The highest BCUT2D eigenvalue weighted by Gasteiger charge is 2.30. The Kier molecular flexibility index (Phi) is 5.69. The first-order valence-corrected chi connectivity index (χ1v) is 9.34. The first kappa shape index (κ1) is 18.9. The highest BCUT2D eigenvalue weighted by molar-refractivity contribution is 7.89. The maximum atomic E-state index is 12.5. The van der Waals surface area contributed by atoms with E-state index in [9.17, 15) is 21.6 Å². The average molecular weight is 378 g/mol. The second kappa shape index (κ2) is 7.22. The SMILES string of the molecule is CN(C)[C@@H](CNS(=O)(=O)c1ccc(C(F)(F)F)cc1)c1cccs1. The predicted octanol–water partition coefficient (Wildman–Crippen LogP) is 3.35. The van der Waals surface area contributed by atoms with Crippen molar-refractivity contribution in [2.75, 3.05) is 20.6 Å². The summed E-state index contributed by atoms with van der Waals surface area (Å²) in [7, 11) is -0.221. The summed E-state index contributed by atoms with van der Waals surface area (Å²) in [5, 5.41) is 1.90. The Morgan fingerprint density at radius 2 is 1.79 bits per heavy atom. The number of thiophene rings is 1. The standard InChI is InChI=1S/C15H17F3N2O2S2/c1-20(2)13(14-4-3-9-23-14)10-19-24(21,22)12-7-5-11(6-8-12)15(16,17)18/h3-9,13,19H,10H2,1-2H3/t13-/m0/s1. The molecule has 1 atom stereocenters. The van der Waals surface area contributed by atoms with Gasteiger partial charge in [-0.2, -0.15) is 13.2 Å². The van der Waals surface area contributed by atoms with E-state index in [4.69, 9.17) is 0 Å². The lowest BCUT2D eigenvalue weighted by molar-refractivity contribution is -0.137.